The lowest BCUT2D eigenvalue weighted by Crippen LogP contribution is -2.20. The normalized spacial score (nSPS) is 12.6. The molecule has 7 nitrogen and oxygen atoms in total. The molecule has 2 heterocycles. The second-order valence-corrected chi connectivity index (χ2v) is 3.76. The molecule has 0 fully saturated rings. The third-order valence-electron chi connectivity index (χ3n) is 2.28. The van der Waals surface area contributed by atoms with E-state index in [-0.39, 0.29) is 12.6 Å². The molecule has 0 bridgehead atoms. The molecule has 4 N–H and O–H groups in total. The number of nitrogens with zero attached hydrogens (tertiary/aromatic N) is 3. The van der Waals surface area contributed by atoms with Crippen molar-refractivity contribution in [2.75, 3.05) is 23.8 Å². The first kappa shape index (κ1) is 11.6. The first-order valence-electron chi connectivity index (χ1n) is 5.57. The van der Waals surface area contributed by atoms with E-state index in [0.29, 0.717) is 17.4 Å². The van der Waals surface area contributed by atoms with E-state index in [1.54, 1.807) is 6.33 Å². The van der Waals surface area contributed by atoms with Crippen molar-refractivity contribution in [2.45, 2.75) is 19.9 Å². The summed E-state index contributed by atoms with van der Waals surface area (Å²) < 4.78 is 0. The topological polar surface area (TPSA) is 98.8 Å². The van der Waals surface area contributed by atoms with E-state index in [0.717, 1.165) is 12.1 Å². The van der Waals surface area contributed by atoms with Crippen molar-refractivity contribution in [1.29, 1.82) is 0 Å². The molecule has 92 valence electrons. The van der Waals surface area contributed by atoms with Crippen LogP contribution in [0.2, 0.25) is 0 Å². The van der Waals surface area contributed by atoms with E-state index in [1.165, 1.54) is 0 Å². The highest BCUT2D eigenvalue weighted by atomic mass is 16.3. The van der Waals surface area contributed by atoms with Gasteiger partial charge in [-0.05, 0) is 13.8 Å². The van der Waals surface area contributed by atoms with Crippen molar-refractivity contribution in [3.63, 3.8) is 0 Å². The summed E-state index contributed by atoms with van der Waals surface area (Å²) in [5.41, 5.74) is 1.34. The molecule has 0 spiro atoms. The van der Waals surface area contributed by atoms with E-state index in [2.05, 4.69) is 30.6 Å². The van der Waals surface area contributed by atoms with Crippen LogP contribution in [0.4, 0.5) is 11.8 Å². The van der Waals surface area contributed by atoms with Crippen LogP contribution in [0, 0.1) is 0 Å². The minimum Gasteiger partial charge on any atom is -0.394 e. The van der Waals surface area contributed by atoms with Crippen LogP contribution in [0.1, 0.15) is 13.8 Å². The number of imidazole rings is 1. The molecule has 0 aliphatic carbocycles. The van der Waals surface area contributed by atoms with Crippen LogP contribution in [0.3, 0.4) is 0 Å². The number of aliphatic hydroxyl groups excluding tert-OH is 1. The molecule has 2 rings (SSSR count). The SMILES string of the molecule is CCNc1nc(NC(C)CO)c2[nH]cnc2n1. The molecule has 0 radical (unpaired) electrons. The van der Waals surface area contributed by atoms with Gasteiger partial charge in [0.1, 0.15) is 5.52 Å². The average Bonchev–Trinajstić information content (AvgIpc) is 2.77. The van der Waals surface area contributed by atoms with Gasteiger partial charge in [-0.2, -0.15) is 9.97 Å². The monoisotopic (exact) mass is 236 g/mol. The largest absolute Gasteiger partial charge is 0.394 e. The van der Waals surface area contributed by atoms with Gasteiger partial charge in [0.2, 0.25) is 5.95 Å². The fourth-order valence-corrected chi connectivity index (χ4v) is 1.45. The summed E-state index contributed by atoms with van der Waals surface area (Å²) in [5.74, 6) is 1.17. The second kappa shape index (κ2) is 4.96. The Balaban J connectivity index is 2.39. The van der Waals surface area contributed by atoms with E-state index in [9.17, 15) is 0 Å². The van der Waals surface area contributed by atoms with Crippen LogP contribution in [-0.4, -0.2) is 44.2 Å². The summed E-state index contributed by atoms with van der Waals surface area (Å²) in [6.45, 7) is 4.62. The van der Waals surface area contributed by atoms with Crippen molar-refractivity contribution >= 4 is 22.9 Å². The van der Waals surface area contributed by atoms with Gasteiger partial charge in [0, 0.05) is 12.6 Å². The van der Waals surface area contributed by atoms with Gasteiger partial charge in [-0.1, -0.05) is 0 Å². The number of hydrogen-bond donors (Lipinski definition) is 4. The van der Waals surface area contributed by atoms with Gasteiger partial charge in [0.15, 0.2) is 11.5 Å². The van der Waals surface area contributed by atoms with Crippen LogP contribution in [0.15, 0.2) is 6.33 Å². The summed E-state index contributed by atoms with van der Waals surface area (Å²) >= 11 is 0. The maximum Gasteiger partial charge on any atom is 0.226 e. The highest BCUT2D eigenvalue weighted by Crippen LogP contribution is 2.19. The highest BCUT2D eigenvalue weighted by molar-refractivity contribution is 5.83. The maximum atomic E-state index is 9.04. The van der Waals surface area contributed by atoms with Gasteiger partial charge in [-0.25, -0.2) is 4.98 Å². The first-order chi connectivity index (χ1) is 8.24. The van der Waals surface area contributed by atoms with Crippen LogP contribution in [-0.2, 0) is 0 Å². The zero-order valence-electron chi connectivity index (χ0n) is 9.86. The predicted octanol–water partition coefficient (Wildman–Crippen LogP) is 0.577. The van der Waals surface area contributed by atoms with Gasteiger partial charge < -0.3 is 20.7 Å². The smallest absolute Gasteiger partial charge is 0.226 e. The molecular weight excluding hydrogens is 220 g/mol. The summed E-state index contributed by atoms with van der Waals surface area (Å²) in [6.07, 6.45) is 1.57. The summed E-state index contributed by atoms with van der Waals surface area (Å²) in [4.78, 5) is 15.7. The van der Waals surface area contributed by atoms with Crippen LogP contribution < -0.4 is 10.6 Å². The number of aromatic nitrogens is 4. The van der Waals surface area contributed by atoms with Gasteiger partial charge in [0.25, 0.3) is 0 Å². The second-order valence-electron chi connectivity index (χ2n) is 3.76. The molecule has 0 aliphatic rings. The highest BCUT2D eigenvalue weighted by Gasteiger charge is 2.11. The molecule has 17 heavy (non-hydrogen) atoms. The van der Waals surface area contributed by atoms with Gasteiger partial charge >= 0.3 is 0 Å². The third kappa shape index (κ3) is 2.44. The van der Waals surface area contributed by atoms with Crippen molar-refractivity contribution in [1.82, 2.24) is 19.9 Å². The molecule has 7 heteroatoms. The Kier molecular flexibility index (Phi) is 3.38. The van der Waals surface area contributed by atoms with E-state index in [1.807, 2.05) is 13.8 Å². The lowest BCUT2D eigenvalue weighted by molar-refractivity contribution is 0.281. The van der Waals surface area contributed by atoms with E-state index >= 15 is 0 Å². The van der Waals surface area contributed by atoms with Crippen molar-refractivity contribution < 1.29 is 5.11 Å². The molecule has 1 atom stereocenters. The lowest BCUT2D eigenvalue weighted by atomic mass is 10.3. The van der Waals surface area contributed by atoms with E-state index < -0.39 is 0 Å². The number of fused-ring (bicyclic) bond motifs is 1. The minimum atomic E-state index is -0.0779. The number of nitrogens with one attached hydrogen (secondary N) is 3. The summed E-state index contributed by atoms with van der Waals surface area (Å²) in [6, 6.07) is -0.0779. The maximum absolute atomic E-state index is 9.04. The fourth-order valence-electron chi connectivity index (χ4n) is 1.45. The van der Waals surface area contributed by atoms with E-state index in [4.69, 9.17) is 5.11 Å². The number of aliphatic hydroxyl groups is 1. The quantitative estimate of drug-likeness (QED) is 0.606. The standard InChI is InChI=1S/C10H16N6O/c1-3-11-10-15-8-7(12-5-13-8)9(16-10)14-6(2)4-17/h5-6,17H,3-4H2,1-2H3,(H3,11,12,13,14,15,16). The van der Waals surface area contributed by atoms with Gasteiger partial charge in [-0.15, -0.1) is 0 Å². The van der Waals surface area contributed by atoms with Crippen LogP contribution >= 0.6 is 0 Å². The molecule has 0 aromatic carbocycles. The third-order valence-corrected chi connectivity index (χ3v) is 2.28. The molecule has 1 unspecified atom stereocenters. The van der Waals surface area contributed by atoms with Crippen molar-refractivity contribution in [2.24, 2.45) is 0 Å². The Morgan fingerprint density at radius 2 is 2.29 bits per heavy atom. The molecule has 0 aliphatic heterocycles. The average molecular weight is 236 g/mol. The summed E-state index contributed by atoms with van der Waals surface area (Å²) in [7, 11) is 0. The Hall–Kier alpha value is -1.89. The number of aromatic amines is 1. The van der Waals surface area contributed by atoms with Crippen LogP contribution in [0.5, 0.6) is 0 Å². The molecule has 2 aromatic heterocycles. The lowest BCUT2D eigenvalue weighted by Gasteiger charge is -2.12. The number of rotatable bonds is 5. The Morgan fingerprint density at radius 1 is 1.47 bits per heavy atom. The molecule has 0 saturated carbocycles. The first-order valence-corrected chi connectivity index (χ1v) is 5.57. The number of hydrogen-bond acceptors (Lipinski definition) is 6. The predicted molar refractivity (Wildman–Crippen MR) is 66.0 cm³/mol. The minimum absolute atomic E-state index is 0.0379. The number of anilines is 2. The van der Waals surface area contributed by atoms with Crippen molar-refractivity contribution in [3.05, 3.63) is 6.33 Å². The summed E-state index contributed by atoms with van der Waals surface area (Å²) in [5, 5.41) is 15.2. The zero-order valence-corrected chi connectivity index (χ0v) is 9.86. The van der Waals surface area contributed by atoms with Gasteiger partial charge in [0.05, 0.1) is 12.9 Å². The number of H-pyrrole nitrogens is 1. The molecule has 2 aromatic rings. The van der Waals surface area contributed by atoms with Gasteiger partial charge in [-0.3, -0.25) is 0 Å². The molecular formula is C10H16N6O. The fraction of sp³-hybridized carbons (Fsp3) is 0.500. The molecule has 0 saturated heterocycles. The van der Waals surface area contributed by atoms with Crippen molar-refractivity contribution in [3.8, 4) is 0 Å². The Bertz CT molecular complexity index is 497. The zero-order chi connectivity index (χ0) is 12.3. The van der Waals surface area contributed by atoms with Crippen LogP contribution in [0.25, 0.3) is 11.2 Å². The Labute approximate surface area is 98.7 Å². The Morgan fingerprint density at radius 3 is 3.00 bits per heavy atom. The molecule has 0 amide bonds.